The molecule has 6 N–H and O–H groups in total. The molecular formula is C65H107NO10. The average molecular weight is 1060 g/mol. The number of hydrogen-bond acceptors (Lipinski definition) is 10. The van der Waals surface area contributed by atoms with E-state index in [0.29, 0.717) is 19.3 Å². The number of allylic oxidation sites excluding steroid dienone is 19. The van der Waals surface area contributed by atoms with E-state index < -0.39 is 67.4 Å². The van der Waals surface area contributed by atoms with Crippen LogP contribution in [0.5, 0.6) is 0 Å². The van der Waals surface area contributed by atoms with Crippen LogP contribution >= 0.6 is 0 Å². The predicted molar refractivity (Wildman–Crippen MR) is 314 cm³/mol. The van der Waals surface area contributed by atoms with Crippen LogP contribution in [0.3, 0.4) is 0 Å². The van der Waals surface area contributed by atoms with Gasteiger partial charge in [-0.1, -0.05) is 219 Å². The first-order valence-corrected chi connectivity index (χ1v) is 29.8. The van der Waals surface area contributed by atoms with Gasteiger partial charge in [-0.3, -0.25) is 9.59 Å². The van der Waals surface area contributed by atoms with Gasteiger partial charge >= 0.3 is 5.97 Å². The quantitative estimate of drug-likeness (QED) is 0.0195. The Bertz CT molecular complexity index is 1690. The van der Waals surface area contributed by atoms with Gasteiger partial charge in [-0.2, -0.15) is 0 Å². The highest BCUT2D eigenvalue weighted by atomic mass is 16.7. The number of ether oxygens (including phenoxy) is 3. The number of amides is 1. The van der Waals surface area contributed by atoms with Crippen molar-refractivity contribution >= 4 is 11.9 Å². The summed E-state index contributed by atoms with van der Waals surface area (Å²) in [6, 6.07) is -1.06. The van der Waals surface area contributed by atoms with Gasteiger partial charge in [0.1, 0.15) is 24.4 Å². The number of aliphatic hydroxyl groups excluding tert-OH is 5. The van der Waals surface area contributed by atoms with Crippen molar-refractivity contribution in [2.75, 3.05) is 13.2 Å². The van der Waals surface area contributed by atoms with E-state index in [0.717, 1.165) is 96.3 Å². The van der Waals surface area contributed by atoms with Gasteiger partial charge in [-0.05, 0) is 109 Å². The number of aliphatic hydroxyl groups is 5. The van der Waals surface area contributed by atoms with Gasteiger partial charge in [0.15, 0.2) is 12.4 Å². The van der Waals surface area contributed by atoms with Gasteiger partial charge < -0.3 is 45.1 Å². The van der Waals surface area contributed by atoms with Crippen LogP contribution in [-0.2, 0) is 23.8 Å². The second-order valence-electron chi connectivity index (χ2n) is 20.0. The van der Waals surface area contributed by atoms with Crippen LogP contribution in [0, 0.1) is 0 Å². The maximum absolute atomic E-state index is 13.4. The molecule has 76 heavy (non-hydrogen) atoms. The van der Waals surface area contributed by atoms with Crippen molar-refractivity contribution < 1.29 is 49.3 Å². The zero-order chi connectivity index (χ0) is 55.4. The van der Waals surface area contributed by atoms with Crippen molar-refractivity contribution in [2.24, 2.45) is 0 Å². The third-order valence-electron chi connectivity index (χ3n) is 13.1. The molecule has 1 saturated heterocycles. The normalized spacial score (nSPS) is 20.0. The Labute approximate surface area is 461 Å². The molecule has 0 bridgehead atoms. The minimum atomic E-state index is -1.65. The lowest BCUT2D eigenvalue weighted by Gasteiger charge is -2.41. The van der Waals surface area contributed by atoms with Gasteiger partial charge in [-0.15, -0.1) is 0 Å². The lowest BCUT2D eigenvalue weighted by atomic mass is 9.99. The lowest BCUT2D eigenvalue weighted by molar-refractivity contribution is -0.305. The summed E-state index contributed by atoms with van der Waals surface area (Å²) in [5, 5.41) is 56.8. The first kappa shape index (κ1) is 70.1. The van der Waals surface area contributed by atoms with E-state index in [9.17, 15) is 35.1 Å². The van der Waals surface area contributed by atoms with Crippen LogP contribution in [0.1, 0.15) is 213 Å². The summed E-state index contributed by atoms with van der Waals surface area (Å²) in [6.45, 7) is 5.57. The Hall–Kier alpha value is -3.94. The molecule has 0 aromatic carbocycles. The Balaban J connectivity index is 2.78. The van der Waals surface area contributed by atoms with Crippen LogP contribution in [-0.4, -0.2) is 99.6 Å². The number of hydrogen-bond donors (Lipinski definition) is 6. The zero-order valence-electron chi connectivity index (χ0n) is 47.6. The molecule has 1 heterocycles. The molecule has 8 atom stereocenters. The van der Waals surface area contributed by atoms with Crippen molar-refractivity contribution in [3.05, 3.63) is 122 Å². The highest BCUT2D eigenvalue weighted by molar-refractivity contribution is 5.80. The van der Waals surface area contributed by atoms with E-state index in [1.54, 1.807) is 6.08 Å². The Kier molecular flexibility index (Phi) is 47.8. The largest absolute Gasteiger partial charge is 0.454 e. The molecule has 0 spiro atoms. The minimum absolute atomic E-state index is 0.0342. The predicted octanol–water partition coefficient (Wildman–Crippen LogP) is 13.9. The standard InChI is InChI=1S/C65H107NO10/c1-4-7-10-13-16-19-22-25-27-29-31-32-34-37-40-43-46-49-52-58(69)64(73)66-56(57(68)51-48-45-42-39-36-24-21-18-15-12-9-6-3)55-74-65-63(62(72)61(71)59(54-67)75-65)76-60(70)53-50-47-44-41-38-35-33-30-28-26-23-20-17-14-11-8-5-2/h8,11,16-17,19-20,25-28,31-33,35,37,40-41,44,48,51,56-59,61-63,65,67-69,71-72H,4-7,9-10,12-15,18,21-24,29-30,34,36,38-39,42-43,45-47,49-50,52-55H2,1-3H3,(H,66,73)/b11-8-,19-16-,20-17-,27-25-,28-26-,32-31-,35-33-,40-37-,44-41-,51-48+. The van der Waals surface area contributed by atoms with Crippen LogP contribution < -0.4 is 5.32 Å². The summed E-state index contributed by atoms with van der Waals surface area (Å²) < 4.78 is 17.5. The molecule has 1 aliphatic rings. The molecule has 0 saturated carbocycles. The Morgan fingerprint density at radius 2 is 0.947 bits per heavy atom. The average Bonchev–Trinajstić information content (AvgIpc) is 3.42. The van der Waals surface area contributed by atoms with Crippen LogP contribution in [0.4, 0.5) is 0 Å². The zero-order valence-corrected chi connectivity index (χ0v) is 47.6. The van der Waals surface area contributed by atoms with Crippen LogP contribution in [0.15, 0.2) is 122 Å². The van der Waals surface area contributed by atoms with Crippen molar-refractivity contribution in [1.82, 2.24) is 5.32 Å². The lowest BCUT2D eigenvalue weighted by Crippen LogP contribution is -2.61. The van der Waals surface area contributed by atoms with E-state index in [2.05, 4.69) is 123 Å². The van der Waals surface area contributed by atoms with Gasteiger partial charge in [0.05, 0.1) is 25.4 Å². The molecule has 0 aromatic rings. The molecule has 1 aliphatic heterocycles. The smallest absolute Gasteiger partial charge is 0.306 e. The van der Waals surface area contributed by atoms with Crippen LogP contribution in [0.25, 0.3) is 0 Å². The molecule has 11 nitrogen and oxygen atoms in total. The fraction of sp³-hybridized carbons (Fsp3) is 0.662. The second kappa shape index (κ2) is 51.8. The third-order valence-corrected chi connectivity index (χ3v) is 13.1. The van der Waals surface area contributed by atoms with Crippen molar-refractivity contribution in [3.8, 4) is 0 Å². The number of esters is 1. The summed E-state index contributed by atoms with van der Waals surface area (Å²) >= 11 is 0. The van der Waals surface area contributed by atoms with E-state index in [4.69, 9.17) is 14.2 Å². The molecule has 0 aliphatic carbocycles. The first-order chi connectivity index (χ1) is 37.2. The number of rotatable bonds is 48. The van der Waals surface area contributed by atoms with E-state index in [-0.39, 0.29) is 19.4 Å². The van der Waals surface area contributed by atoms with Gasteiger partial charge in [0.2, 0.25) is 5.91 Å². The van der Waals surface area contributed by atoms with Gasteiger partial charge in [0, 0.05) is 6.42 Å². The van der Waals surface area contributed by atoms with E-state index >= 15 is 0 Å². The molecule has 432 valence electrons. The van der Waals surface area contributed by atoms with Crippen molar-refractivity contribution in [3.63, 3.8) is 0 Å². The molecule has 1 rings (SSSR count). The number of nitrogens with one attached hydrogen (secondary N) is 1. The first-order valence-electron chi connectivity index (χ1n) is 29.8. The summed E-state index contributed by atoms with van der Waals surface area (Å²) in [5.41, 5.74) is 0. The van der Waals surface area contributed by atoms with Crippen molar-refractivity contribution in [1.29, 1.82) is 0 Å². The van der Waals surface area contributed by atoms with Crippen LogP contribution in [0.2, 0.25) is 0 Å². The fourth-order valence-corrected chi connectivity index (χ4v) is 8.37. The highest BCUT2D eigenvalue weighted by Crippen LogP contribution is 2.26. The minimum Gasteiger partial charge on any atom is -0.454 e. The maximum Gasteiger partial charge on any atom is 0.306 e. The molecule has 1 fully saturated rings. The Morgan fingerprint density at radius 1 is 0.526 bits per heavy atom. The summed E-state index contributed by atoms with van der Waals surface area (Å²) in [4.78, 5) is 26.5. The SMILES string of the molecule is CC/C=C\C/C=C\C/C=C\C/C=C\C/C=C\CCCC(=O)OC1C(OCC(NC(=O)C(O)CCCC/C=C\C/C=C\C/C=C\C/C=C\CCCCC)C(O)/C=C/CCCCCCCCCCCC)OC(CO)C(O)C1O. The van der Waals surface area contributed by atoms with E-state index in [1.165, 1.54) is 64.2 Å². The summed E-state index contributed by atoms with van der Waals surface area (Å²) in [5.74, 6) is -1.30. The monoisotopic (exact) mass is 1060 g/mol. The molecule has 1 amide bonds. The summed E-state index contributed by atoms with van der Waals surface area (Å²) in [7, 11) is 0. The van der Waals surface area contributed by atoms with Gasteiger partial charge in [-0.25, -0.2) is 0 Å². The van der Waals surface area contributed by atoms with E-state index in [1.807, 2.05) is 18.2 Å². The topological polar surface area (TPSA) is 175 Å². The number of carbonyl (C=O) groups excluding carboxylic acids is 2. The summed E-state index contributed by atoms with van der Waals surface area (Å²) in [6.07, 6.45) is 61.0. The maximum atomic E-state index is 13.4. The third kappa shape index (κ3) is 39.4. The molecule has 0 radical (unpaired) electrons. The van der Waals surface area contributed by atoms with Gasteiger partial charge in [0.25, 0.3) is 0 Å². The number of carbonyl (C=O) groups is 2. The molecular weight excluding hydrogens is 955 g/mol. The number of unbranched alkanes of at least 4 members (excludes halogenated alkanes) is 16. The van der Waals surface area contributed by atoms with Crippen molar-refractivity contribution in [2.45, 2.75) is 262 Å². The second-order valence-corrected chi connectivity index (χ2v) is 20.0. The molecule has 11 heteroatoms. The molecule has 0 aromatic heterocycles. The molecule has 8 unspecified atom stereocenters. The fourth-order valence-electron chi connectivity index (χ4n) is 8.37. The Morgan fingerprint density at radius 3 is 1.45 bits per heavy atom. The highest BCUT2D eigenvalue weighted by Gasteiger charge is 2.47.